The van der Waals surface area contributed by atoms with Crippen molar-refractivity contribution in [3.63, 3.8) is 0 Å². The van der Waals surface area contributed by atoms with Crippen molar-refractivity contribution in [3.8, 4) is 17.3 Å². The van der Waals surface area contributed by atoms with Gasteiger partial charge in [-0.3, -0.25) is 0 Å². The molecule has 1 aromatic carbocycles. The first-order valence-electron chi connectivity index (χ1n) is 7.07. The molecule has 2 aromatic rings. The highest BCUT2D eigenvalue weighted by molar-refractivity contribution is 7.10. The fourth-order valence-electron chi connectivity index (χ4n) is 2.55. The molecule has 0 bridgehead atoms. The van der Waals surface area contributed by atoms with Crippen LogP contribution in [0, 0.1) is 11.3 Å². The molecule has 0 amide bonds. The van der Waals surface area contributed by atoms with Crippen LogP contribution in [0.5, 0.6) is 0 Å². The minimum absolute atomic E-state index is 0.517. The third-order valence-corrected chi connectivity index (χ3v) is 5.03. The number of hydrogen-bond acceptors (Lipinski definition) is 4. The Morgan fingerprint density at radius 2 is 1.83 bits per heavy atom. The second-order valence-corrected chi connectivity index (χ2v) is 6.28. The van der Waals surface area contributed by atoms with Gasteiger partial charge in [-0.05, 0) is 25.0 Å². The summed E-state index contributed by atoms with van der Waals surface area (Å²) in [5.74, 6) is 0. The van der Waals surface area contributed by atoms with Crippen LogP contribution in [-0.4, -0.2) is 18.2 Å². The summed E-state index contributed by atoms with van der Waals surface area (Å²) in [5, 5.41) is 12.0. The van der Waals surface area contributed by atoms with Crippen LogP contribution in [-0.2, 0) is 16.3 Å². The average molecular weight is 338 g/mol. The Labute approximate surface area is 135 Å². The zero-order valence-electron chi connectivity index (χ0n) is 12.1. The molecule has 3 nitrogen and oxygen atoms in total. The Hall–Kier alpha value is -1.91. The van der Waals surface area contributed by atoms with Crippen molar-refractivity contribution >= 4 is 11.3 Å². The van der Waals surface area contributed by atoms with E-state index in [1.165, 1.54) is 23.5 Å². The van der Waals surface area contributed by atoms with Gasteiger partial charge in [0, 0.05) is 24.2 Å². The van der Waals surface area contributed by atoms with E-state index in [0.29, 0.717) is 42.3 Å². The second kappa shape index (κ2) is 5.95. The van der Waals surface area contributed by atoms with Crippen LogP contribution in [0.1, 0.15) is 23.4 Å². The fraction of sp³-hybridized carbons (Fsp3) is 0.375. The predicted molar refractivity (Wildman–Crippen MR) is 79.9 cm³/mol. The van der Waals surface area contributed by atoms with Gasteiger partial charge >= 0.3 is 6.18 Å². The average Bonchev–Trinajstić information content (AvgIpc) is 3.05. The van der Waals surface area contributed by atoms with Gasteiger partial charge in [0.15, 0.2) is 0 Å². The maximum atomic E-state index is 12.6. The summed E-state index contributed by atoms with van der Waals surface area (Å²) in [5.41, 5.74) is -0.122. The minimum Gasteiger partial charge on any atom is -0.381 e. The molecule has 0 spiro atoms. The van der Waals surface area contributed by atoms with Gasteiger partial charge in [-0.1, -0.05) is 12.1 Å². The van der Waals surface area contributed by atoms with E-state index in [4.69, 9.17) is 4.74 Å². The molecule has 23 heavy (non-hydrogen) atoms. The Morgan fingerprint density at radius 1 is 1.17 bits per heavy atom. The number of benzene rings is 1. The number of nitriles is 1. The molecular formula is C16H13F3N2OS. The molecule has 0 atom stereocenters. The minimum atomic E-state index is -4.35. The summed E-state index contributed by atoms with van der Waals surface area (Å²) in [6.45, 7) is 1.03. The van der Waals surface area contributed by atoms with Crippen LogP contribution in [0.25, 0.3) is 11.3 Å². The molecule has 3 rings (SSSR count). The van der Waals surface area contributed by atoms with Crippen molar-refractivity contribution in [2.24, 2.45) is 0 Å². The molecular weight excluding hydrogens is 325 g/mol. The Bertz CT molecular complexity index is 725. The molecule has 1 saturated heterocycles. The van der Waals surface area contributed by atoms with Gasteiger partial charge in [-0.15, -0.1) is 11.3 Å². The highest BCUT2D eigenvalue weighted by atomic mass is 32.1. The highest BCUT2D eigenvalue weighted by Crippen LogP contribution is 2.38. The maximum Gasteiger partial charge on any atom is 0.416 e. The molecule has 0 N–H and O–H groups in total. The van der Waals surface area contributed by atoms with E-state index in [0.717, 1.165) is 12.1 Å². The number of hydrogen-bond donors (Lipinski definition) is 0. The van der Waals surface area contributed by atoms with Crippen LogP contribution >= 0.6 is 11.3 Å². The number of alkyl halides is 3. The van der Waals surface area contributed by atoms with E-state index in [1.807, 2.05) is 0 Å². The van der Waals surface area contributed by atoms with Gasteiger partial charge in [0.25, 0.3) is 0 Å². The van der Waals surface area contributed by atoms with E-state index >= 15 is 0 Å². The van der Waals surface area contributed by atoms with E-state index in [9.17, 15) is 18.4 Å². The summed E-state index contributed by atoms with van der Waals surface area (Å²) >= 11 is 1.37. The van der Waals surface area contributed by atoms with E-state index in [1.54, 1.807) is 5.38 Å². The van der Waals surface area contributed by atoms with Crippen molar-refractivity contribution in [3.05, 3.63) is 40.2 Å². The topological polar surface area (TPSA) is 45.9 Å². The third-order valence-electron chi connectivity index (χ3n) is 3.98. The maximum absolute atomic E-state index is 12.6. The van der Waals surface area contributed by atoms with Gasteiger partial charge in [-0.25, -0.2) is 4.98 Å². The Balaban J connectivity index is 1.89. The van der Waals surface area contributed by atoms with Gasteiger partial charge < -0.3 is 4.74 Å². The molecule has 120 valence electrons. The van der Waals surface area contributed by atoms with Crippen molar-refractivity contribution in [2.45, 2.75) is 24.4 Å². The molecule has 7 heteroatoms. The molecule has 1 aromatic heterocycles. The molecule has 2 heterocycles. The van der Waals surface area contributed by atoms with Gasteiger partial charge in [0.05, 0.1) is 17.3 Å². The lowest BCUT2D eigenvalue weighted by molar-refractivity contribution is -0.137. The number of thiazole rings is 1. The quantitative estimate of drug-likeness (QED) is 0.815. The van der Waals surface area contributed by atoms with Crippen LogP contribution in [0.15, 0.2) is 29.6 Å². The number of nitrogens with zero attached hydrogens (tertiary/aromatic N) is 2. The van der Waals surface area contributed by atoms with Crippen LogP contribution < -0.4 is 0 Å². The summed E-state index contributed by atoms with van der Waals surface area (Å²) in [7, 11) is 0. The van der Waals surface area contributed by atoms with Crippen molar-refractivity contribution in [1.82, 2.24) is 4.98 Å². The molecule has 1 aliphatic heterocycles. The van der Waals surface area contributed by atoms with Crippen molar-refractivity contribution in [1.29, 1.82) is 5.26 Å². The lowest BCUT2D eigenvalue weighted by Gasteiger charge is -2.28. The predicted octanol–water partition coefficient (Wildman–Crippen LogP) is 4.40. The molecule has 0 radical (unpaired) electrons. The van der Waals surface area contributed by atoms with Crippen molar-refractivity contribution in [2.75, 3.05) is 13.2 Å². The van der Waals surface area contributed by atoms with Gasteiger partial charge in [0.1, 0.15) is 10.4 Å². The zero-order valence-corrected chi connectivity index (χ0v) is 12.9. The van der Waals surface area contributed by atoms with Gasteiger partial charge in [-0.2, -0.15) is 18.4 Å². The lowest BCUT2D eigenvalue weighted by Crippen LogP contribution is -2.32. The Kier molecular flexibility index (Phi) is 4.13. The molecule has 0 aliphatic carbocycles. The van der Waals surface area contributed by atoms with Gasteiger partial charge in [0.2, 0.25) is 0 Å². The Morgan fingerprint density at radius 3 is 2.39 bits per heavy atom. The smallest absolute Gasteiger partial charge is 0.381 e. The lowest BCUT2D eigenvalue weighted by atomic mass is 9.82. The monoisotopic (exact) mass is 338 g/mol. The van der Waals surface area contributed by atoms with Crippen LogP contribution in [0.2, 0.25) is 0 Å². The number of ether oxygens (including phenoxy) is 1. The normalized spacial score (nSPS) is 17.7. The largest absolute Gasteiger partial charge is 0.416 e. The first kappa shape index (κ1) is 16.0. The molecule has 1 aliphatic rings. The first-order valence-corrected chi connectivity index (χ1v) is 7.95. The summed E-state index contributed by atoms with van der Waals surface area (Å²) in [4.78, 5) is 4.50. The summed E-state index contributed by atoms with van der Waals surface area (Å²) in [6.07, 6.45) is -3.17. The molecule has 0 saturated carbocycles. The van der Waals surface area contributed by atoms with Crippen LogP contribution in [0.3, 0.4) is 0 Å². The molecule has 0 unspecified atom stereocenters. The summed E-state index contributed by atoms with van der Waals surface area (Å²) in [6, 6.07) is 7.25. The highest BCUT2D eigenvalue weighted by Gasteiger charge is 2.37. The number of halogens is 3. The first-order chi connectivity index (χ1) is 10.9. The standard InChI is InChI=1S/C16H13F3N2OS/c17-16(18,19)12-3-1-11(2-4-12)13-9-23-14(21-13)15(10-20)5-7-22-8-6-15/h1-4,9H,5-8H2. The zero-order chi connectivity index (χ0) is 16.5. The number of rotatable bonds is 2. The third kappa shape index (κ3) is 3.09. The van der Waals surface area contributed by atoms with E-state index < -0.39 is 17.2 Å². The second-order valence-electron chi connectivity index (χ2n) is 5.42. The van der Waals surface area contributed by atoms with Crippen LogP contribution in [0.4, 0.5) is 13.2 Å². The van der Waals surface area contributed by atoms with E-state index in [-0.39, 0.29) is 0 Å². The SMILES string of the molecule is N#CC1(c2nc(-c3ccc(C(F)(F)F)cc3)cs2)CCOCC1. The number of aromatic nitrogens is 1. The van der Waals surface area contributed by atoms with E-state index in [2.05, 4.69) is 11.1 Å². The summed E-state index contributed by atoms with van der Waals surface area (Å²) < 4.78 is 43.1. The molecule has 1 fully saturated rings. The fourth-order valence-corrected chi connectivity index (χ4v) is 3.59. The van der Waals surface area contributed by atoms with Crippen molar-refractivity contribution < 1.29 is 17.9 Å².